The molecule has 0 aliphatic heterocycles. The third kappa shape index (κ3) is 3.17. The van der Waals surface area contributed by atoms with Gasteiger partial charge in [0.05, 0.1) is 22.5 Å². The number of hydrogen-bond acceptors (Lipinski definition) is 4. The summed E-state index contributed by atoms with van der Waals surface area (Å²) >= 11 is 1.15. The number of aliphatic hydroxyl groups is 1. The molecule has 0 amide bonds. The fraction of sp³-hybridized carbons (Fsp3) is 0.333. The van der Waals surface area contributed by atoms with Crippen molar-refractivity contribution in [3.05, 3.63) is 34.1 Å². The van der Waals surface area contributed by atoms with Crippen molar-refractivity contribution >= 4 is 17.4 Å². The average Bonchev–Trinajstić information content (AvgIpc) is 2.20. The van der Waals surface area contributed by atoms with Crippen molar-refractivity contribution in [1.82, 2.24) is 0 Å². The Labute approximate surface area is 90.3 Å². The number of aliphatic hydroxyl groups excluding tert-OH is 1. The van der Waals surface area contributed by atoms with Gasteiger partial charge in [-0.25, -0.2) is 4.39 Å². The van der Waals surface area contributed by atoms with Gasteiger partial charge in [0, 0.05) is 5.25 Å². The van der Waals surface area contributed by atoms with Crippen molar-refractivity contribution in [2.75, 3.05) is 6.61 Å². The van der Waals surface area contributed by atoms with Crippen molar-refractivity contribution in [1.29, 1.82) is 0 Å². The number of nitro groups is 1. The van der Waals surface area contributed by atoms with Crippen molar-refractivity contribution in [2.24, 2.45) is 0 Å². The van der Waals surface area contributed by atoms with E-state index in [0.29, 0.717) is 4.90 Å². The summed E-state index contributed by atoms with van der Waals surface area (Å²) < 4.78 is 12.8. The molecule has 0 aliphatic rings. The van der Waals surface area contributed by atoms with Crippen LogP contribution in [0.15, 0.2) is 23.1 Å². The van der Waals surface area contributed by atoms with E-state index in [1.54, 1.807) is 6.92 Å². The molecule has 15 heavy (non-hydrogen) atoms. The molecule has 0 radical (unpaired) electrons. The average molecular weight is 231 g/mol. The Morgan fingerprint density at radius 1 is 1.67 bits per heavy atom. The lowest BCUT2D eigenvalue weighted by Gasteiger charge is -2.07. The van der Waals surface area contributed by atoms with Gasteiger partial charge in [0.25, 0.3) is 5.69 Å². The first-order valence-corrected chi connectivity index (χ1v) is 5.14. The van der Waals surface area contributed by atoms with Crippen LogP contribution in [-0.2, 0) is 0 Å². The molecular weight excluding hydrogens is 221 g/mol. The molecular formula is C9H10FNO3S. The summed E-state index contributed by atoms with van der Waals surface area (Å²) in [4.78, 5) is 10.3. The molecule has 0 aromatic heterocycles. The van der Waals surface area contributed by atoms with Crippen LogP contribution in [0, 0.1) is 15.9 Å². The number of hydrogen-bond donors (Lipinski definition) is 1. The van der Waals surface area contributed by atoms with E-state index >= 15 is 0 Å². The summed E-state index contributed by atoms with van der Waals surface area (Å²) in [6.07, 6.45) is 0. The van der Waals surface area contributed by atoms with Gasteiger partial charge in [-0.3, -0.25) is 10.1 Å². The highest BCUT2D eigenvalue weighted by Crippen LogP contribution is 2.32. The van der Waals surface area contributed by atoms with Crippen LogP contribution in [0.1, 0.15) is 6.92 Å². The molecule has 0 fully saturated rings. The second-order valence-corrected chi connectivity index (χ2v) is 4.46. The second-order valence-electron chi connectivity index (χ2n) is 2.98. The van der Waals surface area contributed by atoms with Gasteiger partial charge in [-0.15, -0.1) is 11.8 Å². The SMILES string of the molecule is C[C@@H](CO)Sc1ccc(F)cc1[N+](=O)[O-]. The zero-order valence-electron chi connectivity index (χ0n) is 8.01. The molecule has 1 N–H and O–H groups in total. The number of thioether (sulfide) groups is 1. The third-order valence-corrected chi connectivity index (χ3v) is 2.85. The molecule has 0 unspecified atom stereocenters. The predicted molar refractivity (Wildman–Crippen MR) is 55.5 cm³/mol. The Balaban J connectivity index is 3.01. The minimum absolute atomic E-state index is 0.0841. The Bertz CT molecular complexity index is 372. The molecule has 1 aromatic carbocycles. The highest BCUT2D eigenvalue weighted by atomic mass is 32.2. The van der Waals surface area contributed by atoms with E-state index in [0.717, 1.165) is 17.8 Å². The summed E-state index contributed by atoms with van der Waals surface area (Å²) in [5, 5.41) is 19.3. The molecule has 1 atom stereocenters. The highest BCUT2D eigenvalue weighted by Gasteiger charge is 2.17. The Morgan fingerprint density at radius 3 is 2.87 bits per heavy atom. The van der Waals surface area contributed by atoms with Crippen molar-refractivity contribution in [3.63, 3.8) is 0 Å². The number of nitro benzene ring substituents is 1. The Hall–Kier alpha value is -1.14. The number of nitrogens with zero attached hydrogens (tertiary/aromatic N) is 1. The molecule has 0 saturated heterocycles. The normalized spacial score (nSPS) is 12.5. The van der Waals surface area contributed by atoms with Crippen LogP contribution in [0.5, 0.6) is 0 Å². The van der Waals surface area contributed by atoms with Gasteiger partial charge in [-0.1, -0.05) is 6.92 Å². The maximum Gasteiger partial charge on any atom is 0.285 e. The largest absolute Gasteiger partial charge is 0.395 e. The lowest BCUT2D eigenvalue weighted by Crippen LogP contribution is -2.02. The van der Waals surface area contributed by atoms with Crippen LogP contribution >= 0.6 is 11.8 Å². The van der Waals surface area contributed by atoms with Crippen LogP contribution in [-0.4, -0.2) is 21.9 Å². The van der Waals surface area contributed by atoms with E-state index < -0.39 is 10.7 Å². The minimum atomic E-state index is -0.636. The third-order valence-electron chi connectivity index (χ3n) is 1.70. The first kappa shape index (κ1) is 11.9. The summed E-state index contributed by atoms with van der Waals surface area (Å²) in [6.45, 7) is 1.65. The molecule has 1 rings (SSSR count). The summed E-state index contributed by atoms with van der Waals surface area (Å²) in [5.41, 5.74) is -0.264. The highest BCUT2D eigenvalue weighted by molar-refractivity contribution is 8.00. The van der Waals surface area contributed by atoms with Gasteiger partial charge < -0.3 is 5.11 Å². The molecule has 0 heterocycles. The predicted octanol–water partition coefficient (Wildman–Crippen LogP) is 2.21. The summed E-state index contributed by atoms with van der Waals surface area (Å²) in [7, 11) is 0. The minimum Gasteiger partial charge on any atom is -0.395 e. The lowest BCUT2D eigenvalue weighted by atomic mass is 10.3. The zero-order valence-corrected chi connectivity index (χ0v) is 8.83. The fourth-order valence-corrected chi connectivity index (χ4v) is 1.90. The number of halogens is 1. The first-order chi connectivity index (χ1) is 7.04. The molecule has 82 valence electrons. The van der Waals surface area contributed by atoms with Crippen molar-refractivity contribution in [2.45, 2.75) is 17.1 Å². The van der Waals surface area contributed by atoms with E-state index in [1.165, 1.54) is 12.1 Å². The fourth-order valence-electron chi connectivity index (χ4n) is 0.987. The first-order valence-electron chi connectivity index (χ1n) is 4.26. The van der Waals surface area contributed by atoms with Gasteiger partial charge in [-0.2, -0.15) is 0 Å². The van der Waals surface area contributed by atoms with Gasteiger partial charge in [0.2, 0.25) is 0 Å². The maximum atomic E-state index is 12.8. The zero-order chi connectivity index (χ0) is 11.4. The van der Waals surface area contributed by atoms with Crippen LogP contribution in [0.4, 0.5) is 10.1 Å². The van der Waals surface area contributed by atoms with E-state index in [1.807, 2.05) is 0 Å². The van der Waals surface area contributed by atoms with E-state index in [2.05, 4.69) is 0 Å². The number of benzene rings is 1. The van der Waals surface area contributed by atoms with Crippen molar-refractivity contribution in [3.8, 4) is 0 Å². The molecule has 0 aliphatic carbocycles. The molecule has 0 spiro atoms. The monoisotopic (exact) mass is 231 g/mol. The molecule has 1 aromatic rings. The van der Waals surface area contributed by atoms with Gasteiger partial charge >= 0.3 is 0 Å². The topological polar surface area (TPSA) is 63.4 Å². The Morgan fingerprint density at radius 2 is 2.33 bits per heavy atom. The smallest absolute Gasteiger partial charge is 0.285 e. The van der Waals surface area contributed by atoms with E-state index in [4.69, 9.17) is 5.11 Å². The van der Waals surface area contributed by atoms with Crippen LogP contribution in [0.2, 0.25) is 0 Å². The molecule has 0 saturated carbocycles. The second kappa shape index (κ2) is 5.09. The summed E-state index contributed by atoms with van der Waals surface area (Å²) in [5.74, 6) is -0.636. The molecule has 6 heteroatoms. The number of rotatable bonds is 4. The van der Waals surface area contributed by atoms with Crippen LogP contribution < -0.4 is 0 Å². The summed E-state index contributed by atoms with van der Waals surface area (Å²) in [6, 6.07) is 3.40. The maximum absolute atomic E-state index is 12.8. The van der Waals surface area contributed by atoms with Gasteiger partial charge in [0.1, 0.15) is 5.82 Å². The van der Waals surface area contributed by atoms with E-state index in [9.17, 15) is 14.5 Å². The standard InChI is InChI=1S/C9H10FNO3S/c1-6(5-12)15-9-3-2-7(10)4-8(9)11(13)14/h2-4,6,12H,5H2,1H3/t6-/m0/s1. The molecule has 4 nitrogen and oxygen atoms in total. The van der Waals surface area contributed by atoms with Gasteiger partial charge in [0.15, 0.2) is 0 Å². The molecule has 0 bridgehead atoms. The quantitative estimate of drug-likeness (QED) is 0.490. The van der Waals surface area contributed by atoms with Crippen LogP contribution in [0.25, 0.3) is 0 Å². The van der Waals surface area contributed by atoms with Crippen molar-refractivity contribution < 1.29 is 14.4 Å². The van der Waals surface area contributed by atoms with Gasteiger partial charge in [-0.05, 0) is 12.1 Å². The van der Waals surface area contributed by atoms with Crippen LogP contribution in [0.3, 0.4) is 0 Å². The lowest BCUT2D eigenvalue weighted by molar-refractivity contribution is -0.387. The van der Waals surface area contributed by atoms with E-state index in [-0.39, 0.29) is 17.5 Å². The Kier molecular flexibility index (Phi) is 4.05.